The van der Waals surface area contributed by atoms with E-state index in [2.05, 4.69) is 25.9 Å². The average molecular weight is 429 g/mol. The zero-order valence-electron chi connectivity index (χ0n) is 13.4. The van der Waals surface area contributed by atoms with E-state index in [4.69, 9.17) is 11.6 Å². The van der Waals surface area contributed by atoms with Crippen molar-refractivity contribution in [3.8, 4) is 0 Å². The Kier molecular flexibility index (Phi) is 8.54. The lowest BCUT2D eigenvalue weighted by molar-refractivity contribution is 0.223. The van der Waals surface area contributed by atoms with Crippen molar-refractivity contribution in [1.29, 1.82) is 0 Å². The van der Waals surface area contributed by atoms with Crippen LogP contribution in [0.25, 0.3) is 0 Å². The minimum absolute atomic E-state index is 0.00638. The third-order valence-corrected chi connectivity index (χ3v) is 5.31. The van der Waals surface area contributed by atoms with Crippen LogP contribution >= 0.6 is 34.2 Å². The molecule has 1 atom stereocenters. The molecule has 0 saturated carbocycles. The van der Waals surface area contributed by atoms with Crippen molar-refractivity contribution >= 4 is 34.2 Å². The third-order valence-electron chi connectivity index (χ3n) is 4.14. The summed E-state index contributed by atoms with van der Waals surface area (Å²) in [6.45, 7) is 6.60. The molecule has 0 radical (unpaired) electrons. The van der Waals surface area contributed by atoms with Gasteiger partial charge in [0.1, 0.15) is 3.70 Å². The number of unbranched alkanes of at least 4 members (excludes halogenated alkanes) is 5. The monoisotopic (exact) mass is 428 g/mol. The van der Waals surface area contributed by atoms with Gasteiger partial charge in [-0.1, -0.05) is 70.4 Å². The summed E-state index contributed by atoms with van der Waals surface area (Å²) in [6.07, 6.45) is 10.6. The van der Waals surface area contributed by atoms with Gasteiger partial charge >= 0.3 is 0 Å². The molecule has 0 fully saturated rings. The quantitative estimate of drug-likeness (QED) is 0.305. The van der Waals surface area contributed by atoms with Crippen LogP contribution in [-0.2, 0) is 5.54 Å². The summed E-state index contributed by atoms with van der Waals surface area (Å²) in [6, 6.07) is 0. The minimum atomic E-state index is -0.383. The van der Waals surface area contributed by atoms with Crippen molar-refractivity contribution in [3.05, 3.63) is 14.7 Å². The third kappa shape index (κ3) is 5.38. The zero-order valence-corrected chi connectivity index (χ0v) is 16.3. The summed E-state index contributed by atoms with van der Waals surface area (Å²) < 4.78 is 16.2. The van der Waals surface area contributed by atoms with Crippen LogP contribution in [0.4, 0.5) is 4.39 Å². The SMILES string of the molecule is CCCCCCCC(C)(CCCC)n1nc(Cl)c(F)c1I. The first-order valence-electron chi connectivity index (χ1n) is 8.06. The average Bonchev–Trinajstić information content (AvgIpc) is 2.73. The number of nitrogens with zero attached hydrogens (tertiary/aromatic N) is 2. The Morgan fingerprint density at radius 3 is 2.19 bits per heavy atom. The summed E-state index contributed by atoms with van der Waals surface area (Å²) in [5.41, 5.74) is -0.132. The first-order valence-corrected chi connectivity index (χ1v) is 9.52. The highest BCUT2D eigenvalue weighted by molar-refractivity contribution is 14.1. The molecule has 5 heteroatoms. The predicted molar refractivity (Wildman–Crippen MR) is 96.5 cm³/mol. The lowest BCUT2D eigenvalue weighted by atomic mass is 9.88. The zero-order chi connectivity index (χ0) is 15.9. The Hall–Kier alpha value is 0.160. The summed E-state index contributed by atoms with van der Waals surface area (Å²) in [5, 5.41) is 4.24. The highest BCUT2D eigenvalue weighted by atomic mass is 127. The number of hydrogen-bond donors (Lipinski definition) is 0. The van der Waals surface area contributed by atoms with E-state index in [1.807, 2.05) is 27.3 Å². The van der Waals surface area contributed by atoms with Gasteiger partial charge in [0.2, 0.25) is 0 Å². The molecule has 0 spiro atoms. The van der Waals surface area contributed by atoms with E-state index in [1.165, 1.54) is 25.7 Å². The molecule has 0 bridgehead atoms. The van der Waals surface area contributed by atoms with Crippen LogP contribution in [0.5, 0.6) is 0 Å². The fourth-order valence-electron chi connectivity index (χ4n) is 2.72. The fourth-order valence-corrected chi connectivity index (χ4v) is 3.99. The van der Waals surface area contributed by atoms with Gasteiger partial charge in [-0.05, 0) is 42.4 Å². The molecular weight excluding hydrogens is 402 g/mol. The van der Waals surface area contributed by atoms with Gasteiger partial charge in [-0.3, -0.25) is 0 Å². The van der Waals surface area contributed by atoms with Crippen LogP contribution in [0.3, 0.4) is 0 Å². The maximum absolute atomic E-state index is 13.9. The Balaban J connectivity index is 2.79. The molecule has 1 heterocycles. The normalized spacial score (nSPS) is 14.4. The highest BCUT2D eigenvalue weighted by Crippen LogP contribution is 2.33. The van der Waals surface area contributed by atoms with E-state index < -0.39 is 0 Å². The van der Waals surface area contributed by atoms with Crippen LogP contribution in [0.15, 0.2) is 0 Å². The molecular formula is C16H27ClFIN2. The molecule has 122 valence electrons. The Bertz CT molecular complexity index is 436. The second-order valence-electron chi connectivity index (χ2n) is 6.07. The number of hydrogen-bond acceptors (Lipinski definition) is 1. The standard InChI is InChI=1S/C16H27ClFIN2/c1-4-6-8-9-10-12-16(3,11-7-5-2)21-15(19)13(18)14(17)20-21/h4-12H2,1-3H3. The first-order chi connectivity index (χ1) is 9.96. The fraction of sp³-hybridized carbons (Fsp3) is 0.812. The molecule has 21 heavy (non-hydrogen) atoms. The van der Waals surface area contributed by atoms with Crippen molar-refractivity contribution in [1.82, 2.24) is 9.78 Å². The lowest BCUT2D eigenvalue weighted by Gasteiger charge is -2.31. The van der Waals surface area contributed by atoms with Crippen molar-refractivity contribution in [2.24, 2.45) is 0 Å². The van der Waals surface area contributed by atoms with Gasteiger partial charge in [0.15, 0.2) is 11.0 Å². The molecule has 1 rings (SSSR count). The van der Waals surface area contributed by atoms with Gasteiger partial charge in [-0.25, -0.2) is 9.07 Å². The molecule has 1 unspecified atom stereocenters. The summed E-state index contributed by atoms with van der Waals surface area (Å²) in [7, 11) is 0. The molecule has 0 saturated heterocycles. The van der Waals surface area contributed by atoms with Gasteiger partial charge in [0, 0.05) is 0 Å². The maximum atomic E-state index is 13.9. The Morgan fingerprint density at radius 1 is 1.10 bits per heavy atom. The van der Waals surface area contributed by atoms with E-state index in [9.17, 15) is 4.39 Å². The Morgan fingerprint density at radius 2 is 1.67 bits per heavy atom. The minimum Gasteiger partial charge on any atom is -0.249 e. The van der Waals surface area contributed by atoms with E-state index in [1.54, 1.807) is 0 Å². The molecule has 0 N–H and O–H groups in total. The second-order valence-corrected chi connectivity index (χ2v) is 7.45. The molecule has 2 nitrogen and oxygen atoms in total. The molecule has 1 aromatic heterocycles. The van der Waals surface area contributed by atoms with Crippen LogP contribution in [0.1, 0.15) is 78.6 Å². The summed E-state index contributed by atoms with van der Waals surface area (Å²) in [5.74, 6) is -0.383. The van der Waals surface area contributed by atoms with Crippen molar-refractivity contribution < 1.29 is 4.39 Å². The molecule has 0 aromatic carbocycles. The van der Waals surface area contributed by atoms with Crippen LogP contribution in [0, 0.1) is 9.52 Å². The van der Waals surface area contributed by atoms with Crippen LogP contribution in [-0.4, -0.2) is 9.78 Å². The van der Waals surface area contributed by atoms with Crippen LogP contribution in [0.2, 0.25) is 5.15 Å². The molecule has 0 amide bonds. The summed E-state index contributed by atoms with van der Waals surface area (Å²) in [4.78, 5) is 0. The van der Waals surface area contributed by atoms with Gasteiger partial charge in [-0.15, -0.1) is 0 Å². The number of aromatic nitrogens is 2. The number of rotatable bonds is 10. The van der Waals surface area contributed by atoms with Crippen molar-refractivity contribution in [2.75, 3.05) is 0 Å². The van der Waals surface area contributed by atoms with E-state index in [0.29, 0.717) is 3.70 Å². The van der Waals surface area contributed by atoms with Gasteiger partial charge in [-0.2, -0.15) is 5.10 Å². The topological polar surface area (TPSA) is 17.8 Å². The summed E-state index contributed by atoms with van der Waals surface area (Å²) >= 11 is 7.88. The van der Waals surface area contributed by atoms with Crippen molar-refractivity contribution in [3.63, 3.8) is 0 Å². The molecule has 1 aromatic rings. The Labute approximate surface area is 147 Å². The molecule has 0 aliphatic rings. The van der Waals surface area contributed by atoms with E-state index >= 15 is 0 Å². The second kappa shape index (κ2) is 9.33. The lowest BCUT2D eigenvalue weighted by Crippen LogP contribution is -2.32. The smallest absolute Gasteiger partial charge is 0.193 e. The van der Waals surface area contributed by atoms with Crippen molar-refractivity contribution in [2.45, 2.75) is 84.1 Å². The van der Waals surface area contributed by atoms with Gasteiger partial charge < -0.3 is 0 Å². The van der Waals surface area contributed by atoms with Crippen LogP contribution < -0.4 is 0 Å². The maximum Gasteiger partial charge on any atom is 0.193 e. The van der Waals surface area contributed by atoms with E-state index in [-0.39, 0.29) is 16.5 Å². The largest absolute Gasteiger partial charge is 0.249 e. The molecule has 0 aliphatic heterocycles. The number of halogens is 3. The highest BCUT2D eigenvalue weighted by Gasteiger charge is 2.30. The molecule has 0 aliphatic carbocycles. The van der Waals surface area contributed by atoms with E-state index in [0.717, 1.165) is 32.1 Å². The van der Waals surface area contributed by atoms with Gasteiger partial charge in [0.25, 0.3) is 0 Å². The first kappa shape index (κ1) is 19.2. The van der Waals surface area contributed by atoms with Gasteiger partial charge in [0.05, 0.1) is 5.54 Å². The predicted octanol–water partition coefficient (Wildman–Crippen LogP) is 6.55.